The van der Waals surface area contributed by atoms with E-state index in [0.717, 1.165) is 24.1 Å². The molecule has 1 heterocycles. The van der Waals surface area contributed by atoms with Crippen LogP contribution in [-0.4, -0.2) is 16.4 Å². The van der Waals surface area contributed by atoms with Gasteiger partial charge in [-0.05, 0) is 37.8 Å². The molecule has 0 saturated heterocycles. The molecule has 1 aromatic carbocycles. The minimum absolute atomic E-state index is 0.0671. The van der Waals surface area contributed by atoms with Gasteiger partial charge in [0.2, 0.25) is 5.91 Å². The van der Waals surface area contributed by atoms with Crippen LogP contribution in [0.3, 0.4) is 0 Å². The number of rotatable bonds is 2. The number of benzene rings is 1. The molecule has 18 heavy (non-hydrogen) atoms. The summed E-state index contributed by atoms with van der Waals surface area (Å²) in [7, 11) is 0. The summed E-state index contributed by atoms with van der Waals surface area (Å²) in [6, 6.07) is 4.80. The molecule has 94 valence electrons. The third kappa shape index (κ3) is 1.58. The largest absolute Gasteiger partial charge is 0.306 e. The van der Waals surface area contributed by atoms with Gasteiger partial charge < -0.3 is 4.90 Å². The Morgan fingerprint density at radius 2 is 2.06 bits per heavy atom. The normalized spacial score (nSPS) is 20.5. The molecule has 2 aliphatic rings. The molecule has 0 aromatic heterocycles. The number of hydrogen-bond donors (Lipinski definition) is 0. The molecule has 1 aliphatic heterocycles. The number of hydrogen-bond acceptors (Lipinski definition) is 3. The zero-order chi connectivity index (χ0) is 12.9. The summed E-state index contributed by atoms with van der Waals surface area (Å²) >= 11 is 0. The molecule has 5 heteroatoms. The number of nitro benzene ring substituents is 1. The third-order valence-electron chi connectivity index (χ3n) is 3.89. The first-order chi connectivity index (χ1) is 8.51. The number of carbonyl (C=O) groups is 1. The van der Waals surface area contributed by atoms with Crippen molar-refractivity contribution in [3.8, 4) is 0 Å². The molecule has 5 nitrogen and oxygen atoms in total. The van der Waals surface area contributed by atoms with Crippen molar-refractivity contribution in [1.82, 2.24) is 0 Å². The van der Waals surface area contributed by atoms with Crippen LogP contribution in [0.5, 0.6) is 0 Å². The van der Waals surface area contributed by atoms with E-state index in [9.17, 15) is 14.9 Å². The Kier molecular flexibility index (Phi) is 2.20. The van der Waals surface area contributed by atoms with Crippen molar-refractivity contribution < 1.29 is 9.72 Å². The van der Waals surface area contributed by atoms with E-state index < -0.39 is 0 Å². The fourth-order valence-corrected chi connectivity index (χ4v) is 2.59. The van der Waals surface area contributed by atoms with E-state index >= 15 is 0 Å². The van der Waals surface area contributed by atoms with Gasteiger partial charge in [-0.25, -0.2) is 0 Å². The second kappa shape index (κ2) is 3.54. The molecule has 1 fully saturated rings. The summed E-state index contributed by atoms with van der Waals surface area (Å²) in [6.45, 7) is 2.07. The standard InChI is InChI=1S/C13H14N2O3/c1-13(6-7-13)14-11-4-3-10(15(17)18)8-9(11)2-5-12(14)16/h3-4,8H,2,5-7H2,1H3. The molecule has 0 bridgehead atoms. The number of non-ortho nitro benzene ring substituents is 1. The predicted octanol–water partition coefficient (Wildman–Crippen LogP) is 2.43. The Hall–Kier alpha value is -1.91. The predicted molar refractivity (Wildman–Crippen MR) is 66.5 cm³/mol. The van der Waals surface area contributed by atoms with Gasteiger partial charge in [0, 0.05) is 29.8 Å². The van der Waals surface area contributed by atoms with E-state index in [4.69, 9.17) is 0 Å². The lowest BCUT2D eigenvalue weighted by Gasteiger charge is -2.34. The summed E-state index contributed by atoms with van der Waals surface area (Å²) < 4.78 is 0. The summed E-state index contributed by atoms with van der Waals surface area (Å²) in [4.78, 5) is 24.3. The van der Waals surface area contributed by atoms with E-state index in [1.54, 1.807) is 12.1 Å². The lowest BCUT2D eigenvalue weighted by molar-refractivity contribution is -0.384. The topological polar surface area (TPSA) is 63.5 Å². The molecule has 0 atom stereocenters. The van der Waals surface area contributed by atoms with Gasteiger partial charge in [-0.2, -0.15) is 0 Å². The molecule has 0 radical (unpaired) electrons. The van der Waals surface area contributed by atoms with Crippen LogP contribution < -0.4 is 4.90 Å². The van der Waals surface area contributed by atoms with Crippen molar-refractivity contribution in [2.75, 3.05) is 4.90 Å². The first-order valence-electron chi connectivity index (χ1n) is 6.12. The quantitative estimate of drug-likeness (QED) is 0.594. The Morgan fingerprint density at radius 3 is 2.67 bits per heavy atom. The van der Waals surface area contributed by atoms with Crippen LogP contribution in [0.25, 0.3) is 0 Å². The van der Waals surface area contributed by atoms with Gasteiger partial charge in [-0.3, -0.25) is 14.9 Å². The second-order valence-electron chi connectivity index (χ2n) is 5.30. The maximum absolute atomic E-state index is 12.1. The average molecular weight is 246 g/mol. The molecular formula is C13H14N2O3. The lowest BCUT2D eigenvalue weighted by Crippen LogP contribution is -2.43. The molecule has 1 amide bonds. The van der Waals surface area contributed by atoms with Crippen LogP contribution >= 0.6 is 0 Å². The highest BCUT2D eigenvalue weighted by Gasteiger charge is 2.48. The smallest absolute Gasteiger partial charge is 0.269 e. The molecule has 1 aromatic rings. The Morgan fingerprint density at radius 1 is 1.33 bits per heavy atom. The van der Waals surface area contributed by atoms with Crippen molar-refractivity contribution in [2.24, 2.45) is 0 Å². The van der Waals surface area contributed by atoms with Gasteiger partial charge in [-0.1, -0.05) is 0 Å². The van der Waals surface area contributed by atoms with Gasteiger partial charge in [0.15, 0.2) is 0 Å². The first kappa shape index (κ1) is 11.2. The SMILES string of the molecule is CC1(N2C(=O)CCc3cc([N+](=O)[O-])ccc32)CC1. The average Bonchev–Trinajstić information content (AvgIpc) is 3.07. The van der Waals surface area contributed by atoms with Crippen LogP contribution in [0.15, 0.2) is 18.2 Å². The zero-order valence-electron chi connectivity index (χ0n) is 10.2. The number of anilines is 1. The van der Waals surface area contributed by atoms with Crippen LogP contribution in [0.2, 0.25) is 0 Å². The number of carbonyl (C=O) groups excluding carboxylic acids is 1. The van der Waals surface area contributed by atoms with E-state index in [1.165, 1.54) is 6.07 Å². The van der Waals surface area contributed by atoms with Crippen molar-refractivity contribution in [3.05, 3.63) is 33.9 Å². The number of amides is 1. The highest BCUT2D eigenvalue weighted by atomic mass is 16.6. The minimum atomic E-state index is -0.389. The monoisotopic (exact) mass is 246 g/mol. The van der Waals surface area contributed by atoms with Crippen molar-refractivity contribution in [2.45, 2.75) is 38.1 Å². The fraction of sp³-hybridized carbons (Fsp3) is 0.462. The van der Waals surface area contributed by atoms with Gasteiger partial charge in [0.1, 0.15) is 0 Å². The summed E-state index contributed by atoms with van der Waals surface area (Å²) in [5, 5.41) is 10.8. The fourth-order valence-electron chi connectivity index (χ4n) is 2.59. The minimum Gasteiger partial charge on any atom is -0.306 e. The van der Waals surface area contributed by atoms with Gasteiger partial charge in [0.25, 0.3) is 5.69 Å². The molecule has 1 aliphatic carbocycles. The number of aryl methyl sites for hydroxylation is 1. The van der Waals surface area contributed by atoms with Crippen LogP contribution in [-0.2, 0) is 11.2 Å². The maximum atomic E-state index is 12.1. The van der Waals surface area contributed by atoms with Crippen molar-refractivity contribution in [3.63, 3.8) is 0 Å². The summed E-state index contributed by atoms with van der Waals surface area (Å²) in [6.07, 6.45) is 3.07. The zero-order valence-corrected chi connectivity index (χ0v) is 10.2. The van der Waals surface area contributed by atoms with E-state index in [1.807, 2.05) is 4.90 Å². The summed E-state index contributed by atoms with van der Waals surface area (Å²) in [5.41, 5.74) is 1.81. The molecular weight excluding hydrogens is 232 g/mol. The third-order valence-corrected chi connectivity index (χ3v) is 3.89. The lowest BCUT2D eigenvalue weighted by atomic mass is 9.98. The van der Waals surface area contributed by atoms with Gasteiger partial charge >= 0.3 is 0 Å². The van der Waals surface area contributed by atoms with Crippen LogP contribution in [0, 0.1) is 10.1 Å². The van der Waals surface area contributed by atoms with E-state index in [0.29, 0.717) is 12.8 Å². The van der Waals surface area contributed by atoms with Crippen molar-refractivity contribution >= 4 is 17.3 Å². The second-order valence-corrected chi connectivity index (χ2v) is 5.30. The van der Waals surface area contributed by atoms with Gasteiger partial charge in [-0.15, -0.1) is 0 Å². The number of fused-ring (bicyclic) bond motifs is 1. The highest BCUT2D eigenvalue weighted by Crippen LogP contribution is 2.47. The summed E-state index contributed by atoms with van der Waals surface area (Å²) in [5.74, 6) is 0.136. The molecule has 0 unspecified atom stereocenters. The molecule has 1 saturated carbocycles. The Labute approximate surface area is 105 Å². The number of nitrogens with zero attached hydrogens (tertiary/aromatic N) is 2. The van der Waals surface area contributed by atoms with Crippen molar-refractivity contribution in [1.29, 1.82) is 0 Å². The number of nitro groups is 1. The van der Waals surface area contributed by atoms with E-state index in [-0.39, 0.29) is 22.1 Å². The molecule has 0 spiro atoms. The van der Waals surface area contributed by atoms with Crippen LogP contribution in [0.4, 0.5) is 11.4 Å². The molecule has 3 rings (SSSR count). The van der Waals surface area contributed by atoms with E-state index in [2.05, 4.69) is 6.92 Å². The Balaban J connectivity index is 2.07. The highest BCUT2D eigenvalue weighted by molar-refractivity contribution is 5.98. The van der Waals surface area contributed by atoms with Crippen LogP contribution in [0.1, 0.15) is 31.7 Å². The first-order valence-corrected chi connectivity index (χ1v) is 6.12. The maximum Gasteiger partial charge on any atom is 0.269 e. The Bertz CT molecular complexity index is 549. The molecule has 0 N–H and O–H groups in total. The van der Waals surface area contributed by atoms with Gasteiger partial charge in [0.05, 0.1) is 4.92 Å².